The molecule has 0 radical (unpaired) electrons. The lowest BCUT2D eigenvalue weighted by Crippen LogP contribution is -2.45. The Labute approximate surface area is 454 Å². The molecule has 2 unspecified atom stereocenters. The van der Waals surface area contributed by atoms with Crippen LogP contribution in [-0.4, -0.2) is 47.4 Å². The molecule has 0 spiro atoms. The Morgan fingerprint density at radius 3 is 1.10 bits per heavy atom. The van der Waals surface area contributed by atoms with Crippen LogP contribution in [-0.2, 0) is 14.3 Å². The molecule has 0 aliphatic rings. The molecular weight excluding hydrogens is 899 g/mol. The largest absolute Gasteiger partial charge is 0.466 e. The highest BCUT2D eigenvalue weighted by Crippen LogP contribution is 2.17. The summed E-state index contributed by atoms with van der Waals surface area (Å²) in [5.74, 6) is -0.0732. The number of aliphatic hydroxyl groups excluding tert-OH is 2. The number of hydrogen-bond acceptors (Lipinski definition) is 5. The van der Waals surface area contributed by atoms with Gasteiger partial charge in [-0.1, -0.05) is 286 Å². The van der Waals surface area contributed by atoms with Crippen molar-refractivity contribution < 1.29 is 24.5 Å². The number of hydrogen-bond donors (Lipinski definition) is 3. The minimum absolute atomic E-state index is 0.00430. The Balaban J connectivity index is 3.43. The molecule has 6 nitrogen and oxygen atoms in total. The summed E-state index contributed by atoms with van der Waals surface area (Å²) in [6, 6.07) is -0.629. The van der Waals surface area contributed by atoms with Crippen LogP contribution in [0.2, 0.25) is 0 Å². The average molecular weight is 1020 g/mol. The Kier molecular flexibility index (Phi) is 60.0. The molecule has 0 aliphatic heterocycles. The maximum atomic E-state index is 12.5. The second-order valence-corrected chi connectivity index (χ2v) is 21.7. The molecule has 0 rings (SSSR count). The lowest BCUT2D eigenvalue weighted by Gasteiger charge is -2.20. The predicted molar refractivity (Wildman–Crippen MR) is 319 cm³/mol. The van der Waals surface area contributed by atoms with E-state index >= 15 is 0 Å². The van der Waals surface area contributed by atoms with E-state index < -0.39 is 12.1 Å². The van der Waals surface area contributed by atoms with Crippen LogP contribution in [0.3, 0.4) is 0 Å². The number of amides is 1. The van der Waals surface area contributed by atoms with Crippen LogP contribution in [0.1, 0.15) is 328 Å². The van der Waals surface area contributed by atoms with E-state index in [1.807, 2.05) is 6.08 Å². The molecule has 0 heterocycles. The summed E-state index contributed by atoms with van der Waals surface area (Å²) >= 11 is 0. The fourth-order valence-electron chi connectivity index (χ4n) is 9.59. The number of rotatable bonds is 59. The van der Waals surface area contributed by atoms with E-state index in [1.54, 1.807) is 6.08 Å². The fraction of sp³-hybridized carbons (Fsp3) is 0.821. The van der Waals surface area contributed by atoms with Crippen LogP contribution in [0.15, 0.2) is 60.8 Å². The third kappa shape index (κ3) is 58.7. The third-order valence-electron chi connectivity index (χ3n) is 14.5. The lowest BCUT2D eigenvalue weighted by atomic mass is 10.0. The summed E-state index contributed by atoms with van der Waals surface area (Å²) in [6.07, 6.45) is 81.3. The first kappa shape index (κ1) is 70.6. The van der Waals surface area contributed by atoms with Crippen molar-refractivity contribution in [1.29, 1.82) is 0 Å². The first-order valence-electron chi connectivity index (χ1n) is 32.1. The quantitative estimate of drug-likeness (QED) is 0.0320. The minimum Gasteiger partial charge on any atom is -0.466 e. The van der Waals surface area contributed by atoms with Crippen LogP contribution in [0.4, 0.5) is 0 Å². The van der Waals surface area contributed by atoms with E-state index in [0.717, 1.165) is 57.8 Å². The molecule has 0 aromatic rings. The first-order chi connectivity index (χ1) is 36.0. The zero-order chi connectivity index (χ0) is 52.9. The molecule has 1 amide bonds. The van der Waals surface area contributed by atoms with E-state index in [4.69, 9.17) is 4.74 Å². The van der Waals surface area contributed by atoms with E-state index in [-0.39, 0.29) is 18.5 Å². The average Bonchev–Trinajstić information content (AvgIpc) is 3.39. The maximum absolute atomic E-state index is 12.5. The number of carbonyl (C=O) groups excluding carboxylic acids is 2. The van der Waals surface area contributed by atoms with Gasteiger partial charge in [0.1, 0.15) is 0 Å². The van der Waals surface area contributed by atoms with Crippen LogP contribution >= 0.6 is 0 Å². The number of nitrogens with one attached hydrogen (secondary N) is 1. The van der Waals surface area contributed by atoms with Crippen molar-refractivity contribution in [2.24, 2.45) is 0 Å². The molecule has 6 heteroatoms. The Morgan fingerprint density at radius 1 is 0.384 bits per heavy atom. The normalized spacial score (nSPS) is 13.0. The fourth-order valence-corrected chi connectivity index (χ4v) is 9.59. The number of esters is 1. The molecule has 0 bridgehead atoms. The van der Waals surface area contributed by atoms with Gasteiger partial charge in [-0.3, -0.25) is 9.59 Å². The molecule has 2 atom stereocenters. The van der Waals surface area contributed by atoms with Gasteiger partial charge >= 0.3 is 5.97 Å². The highest BCUT2D eigenvalue weighted by atomic mass is 16.5. The van der Waals surface area contributed by atoms with Gasteiger partial charge in [0.05, 0.1) is 25.4 Å². The second kappa shape index (κ2) is 62.1. The van der Waals surface area contributed by atoms with Gasteiger partial charge in [-0.15, -0.1) is 0 Å². The molecule has 0 aliphatic carbocycles. The molecular formula is C67H123NO5. The smallest absolute Gasteiger partial charge is 0.305 e. The highest BCUT2D eigenvalue weighted by molar-refractivity contribution is 5.76. The van der Waals surface area contributed by atoms with Gasteiger partial charge in [0, 0.05) is 12.8 Å². The van der Waals surface area contributed by atoms with E-state index in [0.29, 0.717) is 19.4 Å². The van der Waals surface area contributed by atoms with Crippen molar-refractivity contribution in [3.05, 3.63) is 60.8 Å². The van der Waals surface area contributed by atoms with Gasteiger partial charge < -0.3 is 20.3 Å². The highest BCUT2D eigenvalue weighted by Gasteiger charge is 2.18. The summed E-state index contributed by atoms with van der Waals surface area (Å²) in [5, 5.41) is 23.1. The lowest BCUT2D eigenvalue weighted by molar-refractivity contribution is -0.143. The van der Waals surface area contributed by atoms with Crippen molar-refractivity contribution in [3.8, 4) is 0 Å². The molecule has 0 aromatic carbocycles. The summed E-state index contributed by atoms with van der Waals surface area (Å²) < 4.78 is 5.46. The molecule has 0 saturated heterocycles. The number of aliphatic hydroxyl groups is 2. The van der Waals surface area contributed by atoms with Crippen molar-refractivity contribution in [1.82, 2.24) is 5.32 Å². The molecule has 0 saturated carbocycles. The number of allylic oxidation sites excluding steroid dienone is 9. The van der Waals surface area contributed by atoms with Gasteiger partial charge in [0.2, 0.25) is 5.91 Å². The van der Waals surface area contributed by atoms with Gasteiger partial charge in [-0.2, -0.15) is 0 Å². The first-order valence-corrected chi connectivity index (χ1v) is 32.1. The number of unbranched alkanes of at least 4 members (excludes halogenated alkanes) is 40. The predicted octanol–water partition coefficient (Wildman–Crippen LogP) is 20.3. The standard InChI is InChI=1S/C67H123NO5/c1-3-5-7-9-11-13-15-17-36-39-43-47-51-55-59-65(70)64(63-69)68-66(71)60-56-52-48-44-40-37-33-31-29-27-25-23-21-19-18-20-22-24-26-28-30-32-34-38-42-46-50-54-58-62-73-67(72)61-57-53-49-45-41-35-16-14-12-10-8-6-4-2/h8,10,14,16,18,20,24,26,55,59,64-65,69-70H,3-7,9,11-13,15,17,19,21-23,25,27-54,56-58,60-63H2,1-2H3,(H,68,71)/b10-8-,16-14-,20-18-,26-24-,59-55+. The van der Waals surface area contributed by atoms with Crippen LogP contribution < -0.4 is 5.32 Å². The zero-order valence-electron chi connectivity index (χ0n) is 48.6. The molecule has 426 valence electrons. The van der Waals surface area contributed by atoms with E-state index in [1.165, 1.54) is 244 Å². The van der Waals surface area contributed by atoms with Gasteiger partial charge in [-0.25, -0.2) is 0 Å². The Bertz CT molecular complexity index is 1270. The second-order valence-electron chi connectivity index (χ2n) is 21.7. The topological polar surface area (TPSA) is 95.9 Å². The Hall–Kier alpha value is -2.44. The minimum atomic E-state index is -0.845. The van der Waals surface area contributed by atoms with Gasteiger partial charge in [0.25, 0.3) is 0 Å². The van der Waals surface area contributed by atoms with Gasteiger partial charge in [0.15, 0.2) is 0 Å². The van der Waals surface area contributed by atoms with Crippen molar-refractivity contribution in [2.45, 2.75) is 341 Å². The maximum Gasteiger partial charge on any atom is 0.305 e. The van der Waals surface area contributed by atoms with Gasteiger partial charge in [-0.05, 0) is 89.9 Å². The van der Waals surface area contributed by atoms with Crippen molar-refractivity contribution in [3.63, 3.8) is 0 Å². The van der Waals surface area contributed by atoms with E-state index in [9.17, 15) is 19.8 Å². The third-order valence-corrected chi connectivity index (χ3v) is 14.5. The Morgan fingerprint density at radius 2 is 0.712 bits per heavy atom. The molecule has 3 N–H and O–H groups in total. The number of carbonyl (C=O) groups is 2. The van der Waals surface area contributed by atoms with Crippen LogP contribution in [0, 0.1) is 0 Å². The van der Waals surface area contributed by atoms with Crippen LogP contribution in [0.5, 0.6) is 0 Å². The molecule has 0 fully saturated rings. The molecule has 0 aromatic heterocycles. The van der Waals surface area contributed by atoms with Crippen molar-refractivity contribution >= 4 is 11.9 Å². The summed E-state index contributed by atoms with van der Waals surface area (Å²) in [4.78, 5) is 24.5. The van der Waals surface area contributed by atoms with Crippen molar-refractivity contribution in [2.75, 3.05) is 13.2 Å². The SMILES string of the molecule is CCC/C=C\C/C=C\CCCCCCCC(=O)OCCCCCCCCCCC/C=C\C/C=C\CCCCCCCCCCCCCCCC(=O)NC(CO)C(O)/C=C/CCCCCCCCCCCCCC. The number of ether oxygens (including phenoxy) is 1. The zero-order valence-corrected chi connectivity index (χ0v) is 48.6. The summed E-state index contributed by atoms with van der Waals surface area (Å²) in [5.41, 5.74) is 0. The summed E-state index contributed by atoms with van der Waals surface area (Å²) in [6.45, 7) is 4.83. The monoisotopic (exact) mass is 1020 g/mol. The molecule has 73 heavy (non-hydrogen) atoms. The van der Waals surface area contributed by atoms with E-state index in [2.05, 4.69) is 67.8 Å². The summed E-state index contributed by atoms with van der Waals surface area (Å²) in [7, 11) is 0. The van der Waals surface area contributed by atoms with Crippen LogP contribution in [0.25, 0.3) is 0 Å².